The lowest BCUT2D eigenvalue weighted by Crippen LogP contribution is -2.31. The van der Waals surface area contributed by atoms with Crippen molar-refractivity contribution in [1.82, 2.24) is 9.97 Å². The first-order valence-corrected chi connectivity index (χ1v) is 7.30. The van der Waals surface area contributed by atoms with E-state index in [4.69, 9.17) is 4.74 Å². The number of carbonyl (C=O) groups is 1. The van der Waals surface area contributed by atoms with Crippen molar-refractivity contribution in [2.45, 2.75) is 13.5 Å². The molecule has 1 N–H and O–H groups in total. The highest BCUT2D eigenvalue weighted by Gasteiger charge is 2.19. The highest BCUT2D eigenvalue weighted by molar-refractivity contribution is 5.91. The van der Waals surface area contributed by atoms with Gasteiger partial charge in [-0.1, -0.05) is 30.3 Å². The standard InChI is InChI=1S/C17H16FN3O2/c1-2-23-17(22)21(10-12-6-4-3-5-7-12)13-8-14(18)16-15(9-13)19-11-20-16/h3-9,11H,2,10H2,1H3,(H,19,20). The third-order valence-corrected chi connectivity index (χ3v) is 3.45. The van der Waals surface area contributed by atoms with Crippen LogP contribution in [0.15, 0.2) is 48.8 Å². The molecule has 0 atom stereocenters. The van der Waals surface area contributed by atoms with Gasteiger partial charge in [-0.25, -0.2) is 14.2 Å². The maximum absolute atomic E-state index is 14.2. The van der Waals surface area contributed by atoms with Gasteiger partial charge in [0.25, 0.3) is 0 Å². The van der Waals surface area contributed by atoms with Crippen molar-refractivity contribution in [1.29, 1.82) is 0 Å². The summed E-state index contributed by atoms with van der Waals surface area (Å²) >= 11 is 0. The largest absolute Gasteiger partial charge is 0.449 e. The number of hydrogen-bond donors (Lipinski definition) is 1. The number of amides is 1. The normalized spacial score (nSPS) is 10.7. The Bertz CT molecular complexity index is 817. The highest BCUT2D eigenvalue weighted by Crippen LogP contribution is 2.25. The minimum atomic E-state index is -0.519. The van der Waals surface area contributed by atoms with E-state index in [0.29, 0.717) is 17.7 Å². The third kappa shape index (κ3) is 3.15. The van der Waals surface area contributed by atoms with E-state index in [2.05, 4.69) is 9.97 Å². The monoisotopic (exact) mass is 313 g/mol. The molecule has 6 heteroatoms. The molecule has 0 spiro atoms. The summed E-state index contributed by atoms with van der Waals surface area (Å²) in [5.41, 5.74) is 2.12. The van der Waals surface area contributed by atoms with Crippen LogP contribution in [0.25, 0.3) is 11.0 Å². The maximum atomic E-state index is 14.2. The number of benzene rings is 2. The summed E-state index contributed by atoms with van der Waals surface area (Å²) < 4.78 is 19.3. The van der Waals surface area contributed by atoms with Crippen LogP contribution in [0.2, 0.25) is 0 Å². The SMILES string of the molecule is CCOC(=O)N(Cc1ccccc1)c1cc(F)c2nc[nH]c2c1. The molecule has 0 saturated heterocycles. The van der Waals surface area contributed by atoms with Crippen molar-refractivity contribution < 1.29 is 13.9 Å². The summed E-state index contributed by atoms with van der Waals surface area (Å²) in [6.45, 7) is 2.27. The number of carbonyl (C=O) groups excluding carboxylic acids is 1. The number of imidazole rings is 1. The Kier molecular flexibility index (Phi) is 4.23. The highest BCUT2D eigenvalue weighted by atomic mass is 19.1. The Hall–Kier alpha value is -2.89. The van der Waals surface area contributed by atoms with E-state index in [-0.39, 0.29) is 12.1 Å². The fourth-order valence-corrected chi connectivity index (χ4v) is 2.38. The number of fused-ring (bicyclic) bond motifs is 1. The van der Waals surface area contributed by atoms with Gasteiger partial charge in [-0.3, -0.25) is 4.90 Å². The molecule has 1 amide bonds. The average Bonchev–Trinajstić information content (AvgIpc) is 3.03. The van der Waals surface area contributed by atoms with Gasteiger partial charge in [-0.15, -0.1) is 0 Å². The van der Waals surface area contributed by atoms with E-state index in [0.717, 1.165) is 5.56 Å². The molecule has 0 bridgehead atoms. The second-order valence-electron chi connectivity index (χ2n) is 5.00. The van der Waals surface area contributed by atoms with Gasteiger partial charge in [-0.05, 0) is 18.6 Å². The van der Waals surface area contributed by atoms with Crippen LogP contribution in [0.5, 0.6) is 0 Å². The predicted octanol–water partition coefficient (Wildman–Crippen LogP) is 3.87. The van der Waals surface area contributed by atoms with E-state index in [1.807, 2.05) is 30.3 Å². The zero-order chi connectivity index (χ0) is 16.2. The molecular weight excluding hydrogens is 297 g/mol. The zero-order valence-corrected chi connectivity index (χ0v) is 12.6. The summed E-state index contributed by atoms with van der Waals surface area (Å²) in [4.78, 5) is 20.5. The molecule has 0 aliphatic rings. The summed E-state index contributed by atoms with van der Waals surface area (Å²) in [6, 6.07) is 12.5. The molecule has 1 heterocycles. The second-order valence-corrected chi connectivity index (χ2v) is 5.00. The van der Waals surface area contributed by atoms with E-state index < -0.39 is 11.9 Å². The number of rotatable bonds is 4. The first-order chi connectivity index (χ1) is 11.2. The van der Waals surface area contributed by atoms with E-state index in [1.54, 1.807) is 13.0 Å². The van der Waals surface area contributed by atoms with Crippen molar-refractivity contribution in [3.8, 4) is 0 Å². The second kappa shape index (κ2) is 6.48. The fourth-order valence-electron chi connectivity index (χ4n) is 2.38. The molecule has 23 heavy (non-hydrogen) atoms. The van der Waals surface area contributed by atoms with E-state index in [9.17, 15) is 9.18 Å². The van der Waals surface area contributed by atoms with E-state index in [1.165, 1.54) is 17.3 Å². The minimum absolute atomic E-state index is 0.247. The van der Waals surface area contributed by atoms with Gasteiger partial charge in [0, 0.05) is 6.07 Å². The molecule has 0 aliphatic carbocycles. The molecule has 3 aromatic rings. The molecule has 3 rings (SSSR count). The molecule has 0 fully saturated rings. The van der Waals surface area contributed by atoms with Gasteiger partial charge in [0.2, 0.25) is 0 Å². The summed E-state index contributed by atoms with van der Waals surface area (Å²) in [7, 11) is 0. The van der Waals surface area contributed by atoms with Gasteiger partial charge in [0.05, 0.1) is 30.7 Å². The van der Waals surface area contributed by atoms with Crippen LogP contribution in [0, 0.1) is 5.82 Å². The zero-order valence-electron chi connectivity index (χ0n) is 12.6. The predicted molar refractivity (Wildman–Crippen MR) is 85.7 cm³/mol. The molecular formula is C17H16FN3O2. The van der Waals surface area contributed by atoms with Crippen molar-refractivity contribution in [2.75, 3.05) is 11.5 Å². The smallest absolute Gasteiger partial charge is 0.414 e. The Morgan fingerprint density at radius 2 is 2.09 bits per heavy atom. The molecule has 118 valence electrons. The lowest BCUT2D eigenvalue weighted by atomic mass is 10.2. The quantitative estimate of drug-likeness (QED) is 0.795. The Morgan fingerprint density at radius 1 is 1.30 bits per heavy atom. The number of H-pyrrole nitrogens is 1. The van der Waals surface area contributed by atoms with Gasteiger partial charge in [-0.2, -0.15) is 0 Å². The van der Waals surface area contributed by atoms with Crippen molar-refractivity contribution in [3.05, 3.63) is 60.2 Å². The molecule has 0 unspecified atom stereocenters. The number of nitrogens with one attached hydrogen (secondary N) is 1. The van der Waals surface area contributed by atoms with Crippen LogP contribution in [0.1, 0.15) is 12.5 Å². The number of anilines is 1. The van der Waals surface area contributed by atoms with Crippen molar-refractivity contribution >= 4 is 22.8 Å². The number of aromatic amines is 1. The number of halogens is 1. The van der Waals surface area contributed by atoms with E-state index >= 15 is 0 Å². The Labute approximate surface area is 132 Å². The Morgan fingerprint density at radius 3 is 2.83 bits per heavy atom. The van der Waals surface area contributed by atoms with Crippen LogP contribution in [0.3, 0.4) is 0 Å². The number of hydrogen-bond acceptors (Lipinski definition) is 3. The molecule has 0 aliphatic heterocycles. The average molecular weight is 313 g/mol. The molecule has 0 saturated carbocycles. The van der Waals surface area contributed by atoms with Crippen LogP contribution >= 0.6 is 0 Å². The third-order valence-electron chi connectivity index (χ3n) is 3.45. The van der Waals surface area contributed by atoms with Crippen molar-refractivity contribution in [2.24, 2.45) is 0 Å². The number of aromatic nitrogens is 2. The van der Waals surface area contributed by atoms with Crippen LogP contribution in [0.4, 0.5) is 14.9 Å². The first-order valence-electron chi connectivity index (χ1n) is 7.30. The van der Waals surface area contributed by atoms with Gasteiger partial charge in [0.15, 0.2) is 5.82 Å². The summed E-state index contributed by atoms with van der Waals surface area (Å²) in [5.74, 6) is -0.485. The molecule has 0 radical (unpaired) electrons. The minimum Gasteiger partial charge on any atom is -0.449 e. The summed E-state index contributed by atoms with van der Waals surface area (Å²) in [6.07, 6.45) is 0.901. The van der Waals surface area contributed by atoms with Gasteiger partial charge in [0.1, 0.15) is 5.52 Å². The summed E-state index contributed by atoms with van der Waals surface area (Å²) in [5, 5.41) is 0. The van der Waals surface area contributed by atoms with Gasteiger partial charge >= 0.3 is 6.09 Å². The van der Waals surface area contributed by atoms with Crippen LogP contribution in [-0.2, 0) is 11.3 Å². The molecule has 2 aromatic carbocycles. The maximum Gasteiger partial charge on any atom is 0.414 e. The molecule has 5 nitrogen and oxygen atoms in total. The number of nitrogens with zero attached hydrogens (tertiary/aromatic N) is 2. The van der Waals surface area contributed by atoms with Crippen LogP contribution < -0.4 is 4.90 Å². The molecule has 1 aromatic heterocycles. The first kappa shape index (κ1) is 15.0. The lowest BCUT2D eigenvalue weighted by Gasteiger charge is -2.22. The Balaban J connectivity index is 2.00. The van der Waals surface area contributed by atoms with Crippen molar-refractivity contribution in [3.63, 3.8) is 0 Å². The van der Waals surface area contributed by atoms with Gasteiger partial charge < -0.3 is 9.72 Å². The lowest BCUT2D eigenvalue weighted by molar-refractivity contribution is 0.159. The van der Waals surface area contributed by atoms with Crippen LogP contribution in [-0.4, -0.2) is 22.7 Å². The topological polar surface area (TPSA) is 58.2 Å². The fraction of sp³-hybridized carbons (Fsp3) is 0.176. The number of ether oxygens (including phenoxy) is 1.